The highest BCUT2D eigenvalue weighted by Crippen LogP contribution is 2.34. The van der Waals surface area contributed by atoms with Crippen molar-refractivity contribution in [2.75, 3.05) is 0 Å². The summed E-state index contributed by atoms with van der Waals surface area (Å²) in [6.07, 6.45) is 3.08. The van der Waals surface area contributed by atoms with Crippen molar-refractivity contribution in [3.05, 3.63) is 63.7 Å². The summed E-state index contributed by atoms with van der Waals surface area (Å²) < 4.78 is 1.28. The zero-order valence-corrected chi connectivity index (χ0v) is 12.3. The van der Waals surface area contributed by atoms with E-state index in [9.17, 15) is 14.7 Å². The van der Waals surface area contributed by atoms with E-state index in [4.69, 9.17) is 11.6 Å². The van der Waals surface area contributed by atoms with Gasteiger partial charge in [0.15, 0.2) is 0 Å². The summed E-state index contributed by atoms with van der Waals surface area (Å²) in [4.78, 5) is 28.1. The second-order valence-electron chi connectivity index (χ2n) is 4.79. The third kappa shape index (κ3) is 2.07. The molecule has 5 nitrogen and oxygen atoms in total. The fourth-order valence-electron chi connectivity index (χ4n) is 2.53. The second kappa shape index (κ2) is 5.27. The minimum Gasteiger partial charge on any atom is -0.477 e. The van der Waals surface area contributed by atoms with Crippen LogP contribution in [-0.2, 0) is 7.05 Å². The van der Waals surface area contributed by atoms with Gasteiger partial charge in [-0.05, 0) is 12.1 Å². The fraction of sp³-hybridized carbons (Fsp3) is 0.0625. The molecule has 2 aromatic heterocycles. The predicted octanol–water partition coefficient (Wildman–Crippen LogP) is 2.95. The zero-order valence-electron chi connectivity index (χ0n) is 11.6. The molecule has 0 amide bonds. The molecule has 0 saturated heterocycles. The third-order valence-electron chi connectivity index (χ3n) is 3.56. The molecule has 0 spiro atoms. The minimum atomic E-state index is -1.28. The maximum absolute atomic E-state index is 12.4. The van der Waals surface area contributed by atoms with Gasteiger partial charge >= 0.3 is 5.97 Å². The molecule has 110 valence electrons. The van der Waals surface area contributed by atoms with Gasteiger partial charge < -0.3 is 9.67 Å². The summed E-state index contributed by atoms with van der Waals surface area (Å²) in [5, 5.41) is 10.5. The monoisotopic (exact) mass is 314 g/mol. The van der Waals surface area contributed by atoms with Crippen LogP contribution in [0.1, 0.15) is 10.4 Å². The van der Waals surface area contributed by atoms with Crippen molar-refractivity contribution in [3.8, 4) is 11.1 Å². The lowest BCUT2D eigenvalue weighted by Gasteiger charge is -2.14. The van der Waals surface area contributed by atoms with E-state index in [1.54, 1.807) is 36.5 Å². The molecule has 1 aromatic carbocycles. The SMILES string of the molecule is Cn1c(=O)c(C(=O)O)c(-c2ccccc2Cl)c2ccncc21. The number of nitrogens with zero attached hydrogens (tertiary/aromatic N) is 2. The normalized spacial score (nSPS) is 10.8. The molecule has 0 aliphatic heterocycles. The van der Waals surface area contributed by atoms with Crippen LogP contribution < -0.4 is 5.56 Å². The minimum absolute atomic E-state index is 0.297. The number of aryl methyl sites for hydroxylation is 1. The maximum atomic E-state index is 12.4. The molecule has 0 unspecified atom stereocenters. The Bertz CT molecular complexity index is 963. The Kier molecular flexibility index (Phi) is 3.42. The van der Waals surface area contributed by atoms with Crippen LogP contribution >= 0.6 is 11.6 Å². The number of carboxylic acids is 1. The first-order chi connectivity index (χ1) is 10.5. The van der Waals surface area contributed by atoms with Crippen LogP contribution in [0.25, 0.3) is 22.0 Å². The van der Waals surface area contributed by atoms with Gasteiger partial charge in [0.1, 0.15) is 5.56 Å². The molecule has 0 radical (unpaired) electrons. The van der Waals surface area contributed by atoms with E-state index in [2.05, 4.69) is 4.98 Å². The largest absolute Gasteiger partial charge is 0.477 e. The summed E-state index contributed by atoms with van der Waals surface area (Å²) in [6, 6.07) is 8.53. The van der Waals surface area contributed by atoms with Crippen LogP contribution in [0.2, 0.25) is 5.02 Å². The zero-order chi connectivity index (χ0) is 15.9. The average Bonchev–Trinajstić information content (AvgIpc) is 2.51. The van der Waals surface area contributed by atoms with Gasteiger partial charge in [0.2, 0.25) is 0 Å². The van der Waals surface area contributed by atoms with Crippen LogP contribution in [-0.4, -0.2) is 20.6 Å². The van der Waals surface area contributed by atoms with E-state index in [0.717, 1.165) is 0 Å². The summed E-state index contributed by atoms with van der Waals surface area (Å²) in [5.74, 6) is -1.28. The molecule has 22 heavy (non-hydrogen) atoms. The van der Waals surface area contributed by atoms with Gasteiger partial charge in [-0.2, -0.15) is 0 Å². The van der Waals surface area contributed by atoms with Gasteiger partial charge in [-0.25, -0.2) is 4.79 Å². The molecule has 3 aromatic rings. The van der Waals surface area contributed by atoms with Gasteiger partial charge in [-0.15, -0.1) is 0 Å². The Morgan fingerprint density at radius 3 is 2.68 bits per heavy atom. The molecule has 0 atom stereocenters. The number of halogens is 1. The lowest BCUT2D eigenvalue weighted by molar-refractivity contribution is 0.0695. The van der Waals surface area contributed by atoms with E-state index in [0.29, 0.717) is 27.1 Å². The number of fused-ring (bicyclic) bond motifs is 1. The first-order valence-electron chi connectivity index (χ1n) is 6.47. The van der Waals surface area contributed by atoms with Crippen LogP contribution in [0.3, 0.4) is 0 Å². The quantitative estimate of drug-likeness (QED) is 0.789. The number of benzene rings is 1. The first kappa shape index (κ1) is 14.3. The number of hydrogen-bond acceptors (Lipinski definition) is 3. The molecular weight excluding hydrogens is 304 g/mol. The van der Waals surface area contributed by atoms with Crippen LogP contribution in [0.4, 0.5) is 0 Å². The number of carbonyl (C=O) groups is 1. The summed E-state index contributed by atoms with van der Waals surface area (Å²) in [7, 11) is 1.52. The van der Waals surface area contributed by atoms with Crippen LogP contribution in [0, 0.1) is 0 Å². The molecule has 0 bridgehead atoms. The van der Waals surface area contributed by atoms with Crippen LogP contribution in [0.5, 0.6) is 0 Å². The van der Waals surface area contributed by atoms with Crippen molar-refractivity contribution < 1.29 is 9.90 Å². The average molecular weight is 315 g/mol. The molecule has 3 rings (SSSR count). The fourth-order valence-corrected chi connectivity index (χ4v) is 2.76. The molecule has 0 fully saturated rings. The summed E-state index contributed by atoms with van der Waals surface area (Å²) in [5.41, 5.74) is 0.485. The Morgan fingerprint density at radius 2 is 2.00 bits per heavy atom. The molecule has 1 N–H and O–H groups in total. The highest BCUT2D eigenvalue weighted by molar-refractivity contribution is 6.34. The Morgan fingerprint density at radius 1 is 1.27 bits per heavy atom. The van der Waals surface area contributed by atoms with Crippen molar-refractivity contribution in [2.45, 2.75) is 0 Å². The lowest BCUT2D eigenvalue weighted by atomic mass is 9.96. The van der Waals surface area contributed by atoms with Gasteiger partial charge in [0.05, 0.1) is 11.7 Å². The van der Waals surface area contributed by atoms with E-state index in [1.165, 1.54) is 17.8 Å². The third-order valence-corrected chi connectivity index (χ3v) is 3.89. The van der Waals surface area contributed by atoms with Gasteiger partial charge in [-0.1, -0.05) is 29.8 Å². The number of rotatable bonds is 2. The van der Waals surface area contributed by atoms with Gasteiger partial charge in [-0.3, -0.25) is 9.78 Å². The Balaban J connectivity index is 2.60. The van der Waals surface area contributed by atoms with Crippen molar-refractivity contribution in [3.63, 3.8) is 0 Å². The molecule has 6 heteroatoms. The Labute approximate surface area is 130 Å². The number of hydrogen-bond donors (Lipinski definition) is 1. The predicted molar refractivity (Wildman–Crippen MR) is 84.4 cm³/mol. The van der Waals surface area contributed by atoms with Crippen LogP contribution in [0.15, 0.2) is 47.5 Å². The second-order valence-corrected chi connectivity index (χ2v) is 5.20. The smallest absolute Gasteiger partial charge is 0.342 e. The number of carboxylic acid groups (broad SMARTS) is 1. The number of pyridine rings is 2. The standard InChI is InChI=1S/C16H11ClN2O3/c1-19-12-8-18-7-6-10(12)13(14(15(19)20)16(21)22)9-4-2-3-5-11(9)17/h2-8H,1H3,(H,21,22). The molecular formula is C16H11ClN2O3. The molecule has 0 aliphatic carbocycles. The van der Waals surface area contributed by atoms with Crippen molar-refractivity contribution in [2.24, 2.45) is 7.05 Å². The van der Waals surface area contributed by atoms with Crippen molar-refractivity contribution in [1.82, 2.24) is 9.55 Å². The highest BCUT2D eigenvalue weighted by atomic mass is 35.5. The summed E-state index contributed by atoms with van der Waals surface area (Å²) >= 11 is 6.21. The van der Waals surface area contributed by atoms with Gasteiger partial charge in [0.25, 0.3) is 5.56 Å². The molecule has 0 saturated carbocycles. The van der Waals surface area contributed by atoms with E-state index < -0.39 is 11.5 Å². The van der Waals surface area contributed by atoms with Crippen molar-refractivity contribution in [1.29, 1.82) is 0 Å². The summed E-state index contributed by atoms with van der Waals surface area (Å²) in [6.45, 7) is 0. The first-order valence-corrected chi connectivity index (χ1v) is 6.85. The van der Waals surface area contributed by atoms with Crippen molar-refractivity contribution >= 4 is 28.5 Å². The highest BCUT2D eigenvalue weighted by Gasteiger charge is 2.23. The number of aromatic nitrogens is 2. The Hall–Kier alpha value is -2.66. The van der Waals surface area contributed by atoms with E-state index >= 15 is 0 Å². The topological polar surface area (TPSA) is 72.2 Å². The molecule has 0 aliphatic rings. The van der Waals surface area contributed by atoms with E-state index in [-0.39, 0.29) is 5.56 Å². The lowest BCUT2D eigenvalue weighted by Crippen LogP contribution is -2.26. The molecule has 2 heterocycles. The van der Waals surface area contributed by atoms with E-state index in [1.807, 2.05) is 0 Å². The number of aromatic carboxylic acids is 1. The van der Waals surface area contributed by atoms with Gasteiger partial charge in [0, 0.05) is 34.8 Å². The maximum Gasteiger partial charge on any atom is 0.342 e.